The molecule has 1 heterocycles. The highest BCUT2D eigenvalue weighted by Gasteiger charge is 2.27. The molecule has 2 rings (SSSR count). The first-order valence-electron chi connectivity index (χ1n) is 5.98. The Bertz CT molecular complexity index is 492. The number of nitrogens with two attached hydrogens (primary N) is 1. The number of benzene rings is 1. The van der Waals surface area contributed by atoms with E-state index >= 15 is 0 Å². The smallest absolute Gasteiger partial charge is 0.258 e. The van der Waals surface area contributed by atoms with Gasteiger partial charge in [-0.25, -0.2) is 0 Å². The maximum Gasteiger partial charge on any atom is 0.258 e. The fourth-order valence-corrected chi connectivity index (χ4v) is 2.49. The van der Waals surface area contributed by atoms with Gasteiger partial charge in [0.05, 0.1) is 0 Å². The van der Waals surface area contributed by atoms with Crippen molar-refractivity contribution >= 4 is 5.91 Å². The molecule has 1 unspecified atom stereocenters. The average molecular weight is 233 g/mol. The van der Waals surface area contributed by atoms with E-state index in [1.54, 1.807) is 0 Å². The molecule has 2 N–H and O–H groups in total. The van der Waals surface area contributed by atoms with Gasteiger partial charge in [-0.15, -0.1) is 0 Å². The van der Waals surface area contributed by atoms with E-state index in [0.29, 0.717) is 6.42 Å². The molecule has 0 bridgehead atoms. The Kier molecular flexibility index (Phi) is 2.86. The van der Waals surface area contributed by atoms with Crippen molar-refractivity contribution in [2.75, 3.05) is 0 Å². The van der Waals surface area contributed by atoms with Crippen molar-refractivity contribution in [2.45, 2.75) is 46.6 Å². The average Bonchev–Trinajstić information content (AvgIpc) is 2.32. The highest BCUT2D eigenvalue weighted by Crippen LogP contribution is 2.37. The van der Waals surface area contributed by atoms with Gasteiger partial charge in [0.1, 0.15) is 5.75 Å². The number of fused-ring (bicyclic) bond motifs is 1. The zero-order valence-corrected chi connectivity index (χ0v) is 10.9. The molecule has 1 atom stereocenters. The molecule has 1 aromatic rings. The molecule has 1 aliphatic heterocycles. The molecule has 1 amide bonds. The number of hydrogen-bond acceptors (Lipinski definition) is 2. The van der Waals surface area contributed by atoms with Crippen LogP contribution in [0.5, 0.6) is 5.75 Å². The lowest BCUT2D eigenvalue weighted by atomic mass is 9.89. The molecule has 1 aliphatic rings. The van der Waals surface area contributed by atoms with Gasteiger partial charge in [0, 0.05) is 0 Å². The SMILES string of the molecule is Cc1c(C)c(C)c2c(c1C)CCC(C(N)=O)O2. The van der Waals surface area contributed by atoms with Crippen molar-refractivity contribution in [2.24, 2.45) is 5.73 Å². The van der Waals surface area contributed by atoms with Crippen molar-refractivity contribution in [1.82, 2.24) is 0 Å². The lowest BCUT2D eigenvalue weighted by Gasteiger charge is -2.28. The molecular formula is C14H19NO2. The highest BCUT2D eigenvalue weighted by atomic mass is 16.5. The molecular weight excluding hydrogens is 214 g/mol. The standard InChI is InChI=1S/C14H19NO2/c1-7-8(2)10(4)13-11(9(7)3)5-6-12(17-13)14(15)16/h12H,5-6H2,1-4H3,(H2,15,16). The molecule has 0 aromatic heterocycles. The Hall–Kier alpha value is -1.51. The normalized spacial score (nSPS) is 18.5. The monoisotopic (exact) mass is 233 g/mol. The first kappa shape index (κ1) is 12.0. The summed E-state index contributed by atoms with van der Waals surface area (Å²) in [5.41, 5.74) is 11.5. The second-order valence-corrected chi connectivity index (χ2v) is 4.86. The van der Waals surface area contributed by atoms with E-state index in [-0.39, 0.29) is 5.91 Å². The summed E-state index contributed by atoms with van der Waals surface area (Å²) >= 11 is 0. The van der Waals surface area contributed by atoms with Crippen LogP contribution in [-0.4, -0.2) is 12.0 Å². The van der Waals surface area contributed by atoms with Gasteiger partial charge in [-0.2, -0.15) is 0 Å². The number of primary amides is 1. The third kappa shape index (κ3) is 1.79. The maximum absolute atomic E-state index is 11.2. The summed E-state index contributed by atoms with van der Waals surface area (Å²) in [5, 5.41) is 0. The largest absolute Gasteiger partial charge is 0.480 e. The molecule has 17 heavy (non-hydrogen) atoms. The Morgan fingerprint density at radius 3 is 2.29 bits per heavy atom. The molecule has 3 heteroatoms. The summed E-state index contributed by atoms with van der Waals surface area (Å²) in [6.07, 6.45) is 1.09. The van der Waals surface area contributed by atoms with Crippen molar-refractivity contribution in [1.29, 1.82) is 0 Å². The predicted molar refractivity (Wildman–Crippen MR) is 67.3 cm³/mol. The van der Waals surface area contributed by atoms with E-state index in [2.05, 4.69) is 20.8 Å². The molecule has 0 spiro atoms. The fraction of sp³-hybridized carbons (Fsp3) is 0.500. The van der Waals surface area contributed by atoms with Gasteiger partial charge in [0.15, 0.2) is 6.10 Å². The van der Waals surface area contributed by atoms with E-state index < -0.39 is 6.10 Å². The second kappa shape index (κ2) is 4.06. The Morgan fingerprint density at radius 1 is 1.12 bits per heavy atom. The van der Waals surface area contributed by atoms with Gasteiger partial charge in [-0.3, -0.25) is 4.79 Å². The molecule has 3 nitrogen and oxygen atoms in total. The van der Waals surface area contributed by atoms with Crippen LogP contribution in [0, 0.1) is 27.7 Å². The van der Waals surface area contributed by atoms with Gasteiger partial charge in [0.2, 0.25) is 0 Å². The van der Waals surface area contributed by atoms with E-state index in [4.69, 9.17) is 10.5 Å². The van der Waals surface area contributed by atoms with Crippen LogP contribution >= 0.6 is 0 Å². The molecule has 92 valence electrons. The van der Waals surface area contributed by atoms with Crippen molar-refractivity contribution < 1.29 is 9.53 Å². The molecule has 0 radical (unpaired) electrons. The topological polar surface area (TPSA) is 52.3 Å². The van der Waals surface area contributed by atoms with Gasteiger partial charge >= 0.3 is 0 Å². The third-order valence-corrected chi connectivity index (χ3v) is 3.99. The van der Waals surface area contributed by atoms with E-state index in [0.717, 1.165) is 17.7 Å². The molecule has 0 saturated carbocycles. The van der Waals surface area contributed by atoms with Gasteiger partial charge < -0.3 is 10.5 Å². The number of carbonyl (C=O) groups excluding carboxylic acids is 1. The number of carbonyl (C=O) groups is 1. The summed E-state index contributed by atoms with van der Waals surface area (Å²) in [6, 6.07) is 0. The van der Waals surface area contributed by atoms with Gasteiger partial charge in [-0.1, -0.05) is 0 Å². The Labute approximate surface area is 102 Å². The zero-order chi connectivity index (χ0) is 12.7. The number of hydrogen-bond donors (Lipinski definition) is 1. The van der Waals surface area contributed by atoms with Crippen molar-refractivity contribution in [3.63, 3.8) is 0 Å². The maximum atomic E-state index is 11.2. The van der Waals surface area contributed by atoms with Crippen LogP contribution in [0.3, 0.4) is 0 Å². The first-order valence-corrected chi connectivity index (χ1v) is 5.98. The van der Waals surface area contributed by atoms with E-state index in [9.17, 15) is 4.79 Å². The quantitative estimate of drug-likeness (QED) is 0.807. The lowest BCUT2D eigenvalue weighted by Crippen LogP contribution is -2.37. The van der Waals surface area contributed by atoms with Crippen LogP contribution in [0.1, 0.15) is 34.2 Å². The summed E-state index contributed by atoms with van der Waals surface area (Å²) < 4.78 is 5.77. The Balaban J connectivity index is 2.55. The van der Waals surface area contributed by atoms with Crippen LogP contribution in [0.25, 0.3) is 0 Å². The van der Waals surface area contributed by atoms with Crippen LogP contribution in [0.4, 0.5) is 0 Å². The minimum absolute atomic E-state index is 0.370. The van der Waals surface area contributed by atoms with E-state index in [1.165, 1.54) is 22.3 Å². The minimum atomic E-state index is -0.470. The predicted octanol–water partition coefficient (Wildman–Crippen LogP) is 2.10. The van der Waals surface area contributed by atoms with Gasteiger partial charge in [-0.05, 0) is 68.4 Å². The fourth-order valence-electron chi connectivity index (χ4n) is 2.49. The van der Waals surface area contributed by atoms with Crippen LogP contribution in [0.2, 0.25) is 0 Å². The van der Waals surface area contributed by atoms with Crippen LogP contribution < -0.4 is 10.5 Å². The summed E-state index contributed by atoms with van der Waals surface area (Å²) in [4.78, 5) is 11.2. The van der Waals surface area contributed by atoms with Crippen molar-refractivity contribution in [3.05, 3.63) is 27.8 Å². The van der Waals surface area contributed by atoms with Crippen molar-refractivity contribution in [3.8, 4) is 5.75 Å². The highest BCUT2D eigenvalue weighted by molar-refractivity contribution is 5.79. The molecule has 0 aliphatic carbocycles. The number of amides is 1. The summed E-state index contributed by atoms with van der Waals surface area (Å²) in [6.45, 7) is 8.39. The second-order valence-electron chi connectivity index (χ2n) is 4.86. The number of rotatable bonds is 1. The molecule has 0 fully saturated rings. The van der Waals surface area contributed by atoms with E-state index in [1.807, 2.05) is 6.92 Å². The Morgan fingerprint density at radius 2 is 1.71 bits per heavy atom. The lowest BCUT2D eigenvalue weighted by molar-refractivity contribution is -0.125. The zero-order valence-electron chi connectivity index (χ0n) is 10.9. The number of ether oxygens (including phenoxy) is 1. The van der Waals surface area contributed by atoms with Crippen LogP contribution in [-0.2, 0) is 11.2 Å². The summed E-state index contributed by atoms with van der Waals surface area (Å²) in [5.74, 6) is 0.506. The molecule has 0 saturated heterocycles. The first-order chi connectivity index (χ1) is 7.93. The third-order valence-electron chi connectivity index (χ3n) is 3.99. The van der Waals surface area contributed by atoms with Crippen LogP contribution in [0.15, 0.2) is 0 Å². The molecule has 1 aromatic carbocycles. The summed E-state index contributed by atoms with van der Waals surface area (Å²) in [7, 11) is 0. The van der Waals surface area contributed by atoms with Gasteiger partial charge in [0.25, 0.3) is 5.91 Å². The minimum Gasteiger partial charge on any atom is -0.480 e.